The highest BCUT2D eigenvalue weighted by molar-refractivity contribution is 8.04. The molecule has 0 aromatic heterocycles. The molecule has 0 fully saturated rings. The van der Waals surface area contributed by atoms with Crippen LogP contribution in [-0.4, -0.2) is 30.4 Å². The molecule has 0 saturated carbocycles. The number of carbonyl (C=O) groups excluding carboxylic acids is 3. The number of methoxy groups -OCH3 is 1. The van der Waals surface area contributed by atoms with Crippen LogP contribution in [0.4, 0.5) is 17.1 Å². The van der Waals surface area contributed by atoms with Crippen molar-refractivity contribution in [2.75, 3.05) is 23.5 Å². The minimum atomic E-state index is -0.351. The van der Waals surface area contributed by atoms with E-state index in [4.69, 9.17) is 0 Å². The van der Waals surface area contributed by atoms with Gasteiger partial charge in [0.2, 0.25) is 5.78 Å². The Morgan fingerprint density at radius 3 is 2.14 bits per heavy atom. The maximum Gasteiger partial charge on any atom is 0.306 e. The Hall–Kier alpha value is -3.32. The average Bonchev–Trinajstić information content (AvgIpc) is 2.73. The van der Waals surface area contributed by atoms with Crippen molar-refractivity contribution in [2.24, 2.45) is 0 Å². The number of anilines is 3. The molecular weight excluding hydrogens is 388 g/mol. The van der Waals surface area contributed by atoms with Gasteiger partial charge in [-0.2, -0.15) is 0 Å². The van der Waals surface area contributed by atoms with Crippen LogP contribution in [0.1, 0.15) is 6.42 Å². The maximum atomic E-state index is 12.3. The molecule has 0 amide bonds. The third kappa shape index (κ3) is 5.83. The van der Waals surface area contributed by atoms with Crippen molar-refractivity contribution in [1.29, 1.82) is 0 Å². The number of nitrogens with one attached hydrogen (secondary N) is 2. The van der Waals surface area contributed by atoms with Crippen molar-refractivity contribution in [1.82, 2.24) is 0 Å². The summed E-state index contributed by atoms with van der Waals surface area (Å²) in [6.07, 6.45) is 2.77. The van der Waals surface area contributed by atoms with Crippen LogP contribution in [0, 0.1) is 0 Å². The molecule has 1 aliphatic carbocycles. The molecule has 3 rings (SSSR count). The summed E-state index contributed by atoms with van der Waals surface area (Å²) < 4.78 is 4.56. The van der Waals surface area contributed by atoms with Crippen molar-refractivity contribution < 1.29 is 19.1 Å². The van der Waals surface area contributed by atoms with E-state index in [0.717, 1.165) is 11.4 Å². The number of carbonyl (C=O) groups is 3. The number of hydrogen-bond acceptors (Lipinski definition) is 7. The number of ether oxygens (including phenoxy) is 1. The number of allylic oxidation sites excluding steroid dienone is 3. The smallest absolute Gasteiger partial charge is 0.306 e. The fourth-order valence-corrected chi connectivity index (χ4v) is 3.46. The first-order chi connectivity index (χ1) is 14.0. The van der Waals surface area contributed by atoms with E-state index in [1.807, 2.05) is 54.6 Å². The lowest BCUT2D eigenvalue weighted by Crippen LogP contribution is -2.17. The minimum absolute atomic E-state index is 0.179. The highest BCUT2D eigenvalue weighted by Crippen LogP contribution is 2.25. The van der Waals surface area contributed by atoms with Gasteiger partial charge in [0.1, 0.15) is 0 Å². The lowest BCUT2D eigenvalue weighted by molar-refractivity contribution is -0.140. The molecule has 0 aliphatic heterocycles. The Kier molecular flexibility index (Phi) is 6.86. The number of esters is 1. The molecule has 7 heteroatoms. The van der Waals surface area contributed by atoms with E-state index in [0.29, 0.717) is 16.3 Å². The van der Waals surface area contributed by atoms with Crippen LogP contribution in [0.15, 0.2) is 77.4 Å². The van der Waals surface area contributed by atoms with E-state index in [9.17, 15) is 14.4 Å². The molecule has 0 bridgehead atoms. The highest BCUT2D eigenvalue weighted by Gasteiger charge is 2.21. The predicted molar refractivity (Wildman–Crippen MR) is 115 cm³/mol. The molecule has 2 aromatic carbocycles. The molecule has 2 aromatic rings. The predicted octanol–water partition coefficient (Wildman–Crippen LogP) is 4.06. The van der Waals surface area contributed by atoms with Gasteiger partial charge in [-0.1, -0.05) is 18.2 Å². The lowest BCUT2D eigenvalue weighted by atomic mass is 10.1. The first-order valence-electron chi connectivity index (χ1n) is 8.96. The van der Waals surface area contributed by atoms with Crippen molar-refractivity contribution in [3.63, 3.8) is 0 Å². The second kappa shape index (κ2) is 9.75. The van der Waals surface area contributed by atoms with Crippen molar-refractivity contribution in [3.8, 4) is 0 Å². The third-order valence-electron chi connectivity index (χ3n) is 4.06. The van der Waals surface area contributed by atoms with E-state index in [1.54, 1.807) is 0 Å². The Bertz CT molecular complexity index is 966. The maximum absolute atomic E-state index is 12.3. The number of para-hydroxylation sites is 1. The molecule has 6 nitrogen and oxygen atoms in total. The largest absolute Gasteiger partial charge is 0.469 e. The summed E-state index contributed by atoms with van der Waals surface area (Å²) in [6, 6.07) is 17.2. The zero-order chi connectivity index (χ0) is 20.6. The number of hydrogen-bond donors (Lipinski definition) is 2. The molecule has 0 saturated heterocycles. The molecule has 0 heterocycles. The highest BCUT2D eigenvalue weighted by atomic mass is 32.2. The molecule has 0 radical (unpaired) electrons. The van der Waals surface area contributed by atoms with E-state index >= 15 is 0 Å². The first kappa shape index (κ1) is 20.4. The normalized spacial score (nSPS) is 13.4. The standard InChI is InChI=1S/C22H20N2O4S/c1-28-22(27)11-12-29-21-14-19(25)18(13-20(21)26)24-17-9-7-16(8-10-17)23-15-5-3-2-4-6-15/h2-10,13-14,23-24H,11-12H2,1H3. The minimum Gasteiger partial charge on any atom is -0.469 e. The van der Waals surface area contributed by atoms with Crippen LogP contribution >= 0.6 is 11.8 Å². The van der Waals surface area contributed by atoms with Crippen LogP contribution in [-0.2, 0) is 19.1 Å². The quantitative estimate of drug-likeness (QED) is 0.503. The average molecular weight is 408 g/mol. The third-order valence-corrected chi connectivity index (χ3v) is 5.10. The van der Waals surface area contributed by atoms with Gasteiger partial charge in [0.05, 0.1) is 24.1 Å². The van der Waals surface area contributed by atoms with Crippen LogP contribution in [0.3, 0.4) is 0 Å². The molecule has 0 unspecified atom stereocenters. The summed E-state index contributed by atoms with van der Waals surface area (Å²) >= 11 is 1.17. The van der Waals surface area contributed by atoms with Gasteiger partial charge in [0, 0.05) is 35.0 Å². The Labute approximate surface area is 173 Å². The van der Waals surface area contributed by atoms with E-state index in [-0.39, 0.29) is 29.7 Å². The summed E-state index contributed by atoms with van der Waals surface area (Å²) in [4.78, 5) is 36.1. The number of thioether (sulfide) groups is 1. The van der Waals surface area contributed by atoms with Crippen LogP contribution < -0.4 is 10.6 Å². The molecular formula is C22H20N2O4S. The van der Waals surface area contributed by atoms with Crippen molar-refractivity contribution in [3.05, 3.63) is 77.4 Å². The summed E-state index contributed by atoms with van der Waals surface area (Å²) in [5, 5.41) is 6.27. The topological polar surface area (TPSA) is 84.5 Å². The van der Waals surface area contributed by atoms with Gasteiger partial charge in [-0.15, -0.1) is 11.8 Å². The summed E-state index contributed by atoms with van der Waals surface area (Å²) in [7, 11) is 1.31. The van der Waals surface area contributed by atoms with Gasteiger partial charge in [-0.25, -0.2) is 0 Å². The fraction of sp³-hybridized carbons (Fsp3) is 0.136. The van der Waals surface area contributed by atoms with Crippen molar-refractivity contribution in [2.45, 2.75) is 6.42 Å². The number of rotatable bonds is 8. The van der Waals surface area contributed by atoms with Gasteiger partial charge in [-0.3, -0.25) is 14.4 Å². The Morgan fingerprint density at radius 2 is 1.48 bits per heavy atom. The molecule has 148 valence electrons. The second-order valence-corrected chi connectivity index (χ2v) is 7.30. The van der Waals surface area contributed by atoms with E-state index < -0.39 is 0 Å². The molecule has 29 heavy (non-hydrogen) atoms. The summed E-state index contributed by atoms with van der Waals surface area (Å²) in [6.45, 7) is 0. The number of benzene rings is 2. The molecule has 1 aliphatic rings. The zero-order valence-electron chi connectivity index (χ0n) is 15.8. The Balaban J connectivity index is 1.58. The molecule has 0 atom stereocenters. The summed E-state index contributed by atoms with van der Waals surface area (Å²) in [5.74, 6) is -0.513. The monoisotopic (exact) mass is 408 g/mol. The van der Waals surface area contributed by atoms with Gasteiger partial charge in [0.15, 0.2) is 5.78 Å². The lowest BCUT2D eigenvalue weighted by Gasteiger charge is -2.14. The number of ketones is 2. The second-order valence-electron chi connectivity index (χ2n) is 6.16. The fourth-order valence-electron chi connectivity index (χ4n) is 2.58. The van der Waals surface area contributed by atoms with E-state index in [1.165, 1.54) is 31.0 Å². The van der Waals surface area contributed by atoms with Crippen LogP contribution in [0.5, 0.6) is 0 Å². The molecule has 0 spiro atoms. The van der Waals surface area contributed by atoms with Gasteiger partial charge in [0.25, 0.3) is 0 Å². The van der Waals surface area contributed by atoms with Crippen LogP contribution in [0.2, 0.25) is 0 Å². The summed E-state index contributed by atoms with van der Waals surface area (Å²) in [5.41, 5.74) is 2.81. The first-order valence-corrected chi connectivity index (χ1v) is 9.94. The van der Waals surface area contributed by atoms with Gasteiger partial charge in [-0.05, 0) is 36.4 Å². The SMILES string of the molecule is COC(=O)CCSC1=CC(=O)C(Nc2ccc(Nc3ccccc3)cc2)=CC1=O. The van der Waals surface area contributed by atoms with Gasteiger partial charge < -0.3 is 15.4 Å². The van der Waals surface area contributed by atoms with Gasteiger partial charge >= 0.3 is 5.97 Å². The molecule has 2 N–H and O–H groups in total. The zero-order valence-corrected chi connectivity index (χ0v) is 16.6. The Morgan fingerprint density at radius 1 is 0.862 bits per heavy atom. The van der Waals surface area contributed by atoms with Crippen LogP contribution in [0.25, 0.3) is 0 Å². The van der Waals surface area contributed by atoms with Crippen molar-refractivity contribution >= 4 is 46.4 Å². The van der Waals surface area contributed by atoms with E-state index in [2.05, 4.69) is 15.4 Å².